The molecular weight excluding hydrogens is 316 g/mol. The van der Waals surface area contributed by atoms with Crippen molar-refractivity contribution in [1.29, 1.82) is 5.26 Å². The number of urea groups is 1. The van der Waals surface area contributed by atoms with Gasteiger partial charge in [0.05, 0.1) is 17.8 Å². The van der Waals surface area contributed by atoms with Gasteiger partial charge in [-0.2, -0.15) is 5.26 Å². The molecule has 0 heterocycles. The zero-order valence-corrected chi connectivity index (χ0v) is 12.9. The van der Waals surface area contributed by atoms with Crippen molar-refractivity contribution in [3.8, 4) is 11.8 Å². The predicted octanol–water partition coefficient (Wildman–Crippen LogP) is 3.38. The SMILES string of the molecule is CN(CCOc1ccccc1F)C(=O)Nc1ccc(F)cc1C#N. The second-order valence-corrected chi connectivity index (χ2v) is 4.93. The van der Waals surface area contributed by atoms with Gasteiger partial charge in [0, 0.05) is 7.05 Å². The minimum atomic E-state index is -0.559. The van der Waals surface area contributed by atoms with Gasteiger partial charge in [-0.25, -0.2) is 13.6 Å². The molecule has 0 bridgehead atoms. The Labute approximate surface area is 138 Å². The summed E-state index contributed by atoms with van der Waals surface area (Å²) in [6.07, 6.45) is 0. The largest absolute Gasteiger partial charge is 0.489 e. The molecular formula is C17H15F2N3O2. The van der Waals surface area contributed by atoms with E-state index in [1.54, 1.807) is 12.1 Å². The van der Waals surface area contributed by atoms with Gasteiger partial charge in [-0.05, 0) is 30.3 Å². The van der Waals surface area contributed by atoms with Crippen LogP contribution < -0.4 is 10.1 Å². The van der Waals surface area contributed by atoms with Gasteiger partial charge < -0.3 is 15.0 Å². The maximum absolute atomic E-state index is 13.4. The van der Waals surface area contributed by atoms with Crippen molar-refractivity contribution < 1.29 is 18.3 Å². The molecule has 2 rings (SSSR count). The average molecular weight is 331 g/mol. The number of anilines is 1. The van der Waals surface area contributed by atoms with Gasteiger partial charge in [0.25, 0.3) is 0 Å². The number of amides is 2. The van der Waals surface area contributed by atoms with Gasteiger partial charge >= 0.3 is 6.03 Å². The first-order valence-electron chi connectivity index (χ1n) is 7.10. The molecule has 24 heavy (non-hydrogen) atoms. The molecule has 2 aromatic carbocycles. The Hall–Kier alpha value is -3.14. The van der Waals surface area contributed by atoms with E-state index in [1.165, 1.54) is 30.1 Å². The Morgan fingerprint density at radius 3 is 2.75 bits per heavy atom. The van der Waals surface area contributed by atoms with E-state index in [9.17, 15) is 13.6 Å². The summed E-state index contributed by atoms with van der Waals surface area (Å²) in [5, 5.41) is 11.5. The van der Waals surface area contributed by atoms with E-state index in [0.29, 0.717) is 0 Å². The van der Waals surface area contributed by atoms with Crippen LogP contribution in [0.25, 0.3) is 0 Å². The number of nitrogens with one attached hydrogen (secondary N) is 1. The molecule has 0 saturated carbocycles. The number of carbonyl (C=O) groups excluding carboxylic acids is 1. The third-order valence-electron chi connectivity index (χ3n) is 3.21. The molecule has 0 aliphatic heterocycles. The van der Waals surface area contributed by atoms with E-state index in [0.717, 1.165) is 12.1 Å². The molecule has 0 saturated heterocycles. The highest BCUT2D eigenvalue weighted by Gasteiger charge is 2.12. The number of rotatable bonds is 5. The smallest absolute Gasteiger partial charge is 0.321 e. The second kappa shape index (κ2) is 7.92. The Morgan fingerprint density at radius 1 is 1.29 bits per heavy atom. The van der Waals surface area contributed by atoms with Crippen LogP contribution in [-0.2, 0) is 0 Å². The van der Waals surface area contributed by atoms with Crippen molar-refractivity contribution in [2.75, 3.05) is 25.5 Å². The maximum atomic E-state index is 13.4. The van der Waals surface area contributed by atoms with E-state index in [2.05, 4.69) is 5.32 Å². The first-order chi connectivity index (χ1) is 11.5. The number of para-hydroxylation sites is 1. The normalized spacial score (nSPS) is 9.92. The number of likely N-dealkylation sites (N-methyl/N-ethyl adjacent to an activating group) is 1. The van der Waals surface area contributed by atoms with Crippen LogP contribution in [-0.4, -0.2) is 31.1 Å². The monoisotopic (exact) mass is 331 g/mol. The molecule has 0 spiro atoms. The third kappa shape index (κ3) is 4.43. The van der Waals surface area contributed by atoms with Crippen molar-refractivity contribution in [3.63, 3.8) is 0 Å². The van der Waals surface area contributed by atoms with Gasteiger partial charge in [-0.15, -0.1) is 0 Å². The molecule has 0 aliphatic carbocycles. The number of hydrogen-bond acceptors (Lipinski definition) is 3. The molecule has 2 aromatic rings. The average Bonchev–Trinajstić information content (AvgIpc) is 2.57. The van der Waals surface area contributed by atoms with Crippen molar-refractivity contribution in [2.45, 2.75) is 0 Å². The fourth-order valence-electron chi connectivity index (χ4n) is 1.88. The van der Waals surface area contributed by atoms with Crippen LogP contribution >= 0.6 is 0 Å². The van der Waals surface area contributed by atoms with Crippen molar-refractivity contribution in [2.24, 2.45) is 0 Å². The highest BCUT2D eigenvalue weighted by molar-refractivity contribution is 5.90. The zero-order valence-electron chi connectivity index (χ0n) is 12.9. The van der Waals surface area contributed by atoms with Gasteiger partial charge in [0.1, 0.15) is 18.5 Å². The minimum Gasteiger partial charge on any atom is -0.489 e. The molecule has 0 aliphatic rings. The van der Waals surface area contributed by atoms with Gasteiger partial charge in [0.15, 0.2) is 11.6 Å². The molecule has 0 radical (unpaired) electrons. The van der Waals surface area contributed by atoms with Gasteiger partial charge in [-0.1, -0.05) is 12.1 Å². The summed E-state index contributed by atoms with van der Waals surface area (Å²) in [7, 11) is 1.52. The lowest BCUT2D eigenvalue weighted by atomic mass is 10.2. The van der Waals surface area contributed by atoms with Crippen LogP contribution in [0.5, 0.6) is 5.75 Å². The summed E-state index contributed by atoms with van der Waals surface area (Å²) in [5.74, 6) is -0.928. The van der Waals surface area contributed by atoms with E-state index in [4.69, 9.17) is 10.00 Å². The fraction of sp³-hybridized carbons (Fsp3) is 0.176. The molecule has 5 nitrogen and oxygen atoms in total. The summed E-state index contributed by atoms with van der Waals surface area (Å²) in [4.78, 5) is 13.4. The van der Waals surface area contributed by atoms with Crippen molar-refractivity contribution in [3.05, 3.63) is 59.7 Å². The fourth-order valence-corrected chi connectivity index (χ4v) is 1.88. The Morgan fingerprint density at radius 2 is 2.04 bits per heavy atom. The van der Waals surface area contributed by atoms with E-state index in [-0.39, 0.29) is 30.2 Å². The molecule has 0 aromatic heterocycles. The Balaban J connectivity index is 1.89. The molecule has 1 N–H and O–H groups in total. The third-order valence-corrected chi connectivity index (χ3v) is 3.21. The molecule has 0 atom stereocenters. The number of carbonyl (C=O) groups is 1. The summed E-state index contributed by atoms with van der Waals surface area (Å²) >= 11 is 0. The van der Waals surface area contributed by atoms with Crippen LogP contribution in [0, 0.1) is 23.0 Å². The quantitative estimate of drug-likeness (QED) is 0.913. The summed E-state index contributed by atoms with van der Waals surface area (Å²) in [5.41, 5.74) is 0.241. The van der Waals surface area contributed by atoms with Gasteiger partial charge in [-0.3, -0.25) is 0 Å². The van der Waals surface area contributed by atoms with Crippen LogP contribution in [0.4, 0.5) is 19.3 Å². The van der Waals surface area contributed by atoms with Crippen molar-refractivity contribution >= 4 is 11.7 Å². The molecule has 2 amide bonds. The number of halogens is 2. The highest BCUT2D eigenvalue weighted by atomic mass is 19.1. The Bertz CT molecular complexity index is 775. The molecule has 0 unspecified atom stereocenters. The second-order valence-electron chi connectivity index (χ2n) is 4.93. The van der Waals surface area contributed by atoms with Crippen molar-refractivity contribution in [1.82, 2.24) is 4.90 Å². The lowest BCUT2D eigenvalue weighted by Gasteiger charge is -2.18. The lowest BCUT2D eigenvalue weighted by molar-refractivity contribution is 0.206. The number of ether oxygens (including phenoxy) is 1. The van der Waals surface area contributed by atoms with E-state index >= 15 is 0 Å². The molecule has 7 heteroatoms. The number of benzene rings is 2. The van der Waals surface area contributed by atoms with Crippen LogP contribution in [0.3, 0.4) is 0 Å². The topological polar surface area (TPSA) is 65.4 Å². The highest BCUT2D eigenvalue weighted by Crippen LogP contribution is 2.17. The number of nitriles is 1. The van der Waals surface area contributed by atoms with E-state index in [1.807, 2.05) is 6.07 Å². The standard InChI is InChI=1S/C17H15F2N3O2/c1-22(8-9-24-16-5-3-2-4-14(16)19)17(23)21-15-7-6-13(18)10-12(15)11-20/h2-7,10H,8-9H2,1H3,(H,21,23). The van der Waals surface area contributed by atoms with Crippen LogP contribution in [0.1, 0.15) is 5.56 Å². The summed E-state index contributed by atoms with van der Waals surface area (Å²) in [6, 6.07) is 10.8. The molecule has 0 fully saturated rings. The van der Waals surface area contributed by atoms with Crippen LogP contribution in [0.2, 0.25) is 0 Å². The van der Waals surface area contributed by atoms with Crippen LogP contribution in [0.15, 0.2) is 42.5 Å². The van der Waals surface area contributed by atoms with Gasteiger partial charge in [0.2, 0.25) is 0 Å². The zero-order chi connectivity index (χ0) is 17.5. The first-order valence-corrected chi connectivity index (χ1v) is 7.10. The maximum Gasteiger partial charge on any atom is 0.321 e. The lowest BCUT2D eigenvalue weighted by Crippen LogP contribution is -2.34. The number of nitrogens with zero attached hydrogens (tertiary/aromatic N) is 2. The first kappa shape index (κ1) is 17.2. The molecule has 124 valence electrons. The summed E-state index contributed by atoms with van der Waals surface area (Å²) < 4.78 is 31.7. The minimum absolute atomic E-state index is 0.0272. The summed E-state index contributed by atoms with van der Waals surface area (Å²) in [6.45, 7) is 0.294. The predicted molar refractivity (Wildman–Crippen MR) is 84.7 cm³/mol. The number of hydrogen-bond donors (Lipinski definition) is 1. The van der Waals surface area contributed by atoms with E-state index < -0.39 is 17.7 Å². The Kier molecular flexibility index (Phi) is 5.68.